The maximum atomic E-state index is 10.7. The fourth-order valence-corrected chi connectivity index (χ4v) is 1.55. The average molecular weight is 270 g/mol. The normalized spacial score (nSPS) is 10.4. The maximum absolute atomic E-state index is 10.7. The number of rotatable bonds is 4. The molecule has 0 atom stereocenters. The second kappa shape index (κ2) is 6.43. The van der Waals surface area contributed by atoms with Crippen molar-refractivity contribution in [1.29, 1.82) is 0 Å². The molecule has 0 aromatic heterocycles. The Morgan fingerprint density at radius 1 is 1.29 bits per heavy atom. The summed E-state index contributed by atoms with van der Waals surface area (Å²) >= 11 is 0. The van der Waals surface area contributed by atoms with Gasteiger partial charge in [0.15, 0.2) is 21.8 Å². The van der Waals surface area contributed by atoms with Gasteiger partial charge in [0.2, 0.25) is 0 Å². The summed E-state index contributed by atoms with van der Waals surface area (Å²) in [5.74, 6) is 5.52. The molecule has 90 valence electrons. The van der Waals surface area contributed by atoms with Crippen molar-refractivity contribution in [3.8, 4) is 11.5 Å². The van der Waals surface area contributed by atoms with Crippen LogP contribution in [0.4, 0.5) is 5.69 Å². The van der Waals surface area contributed by atoms with Gasteiger partial charge in [0.1, 0.15) is 5.69 Å². The predicted molar refractivity (Wildman–Crippen MR) is 55.9 cm³/mol. The molecule has 0 radical (unpaired) electrons. The van der Waals surface area contributed by atoms with E-state index in [-0.39, 0.29) is 51.2 Å². The third-order valence-corrected chi connectivity index (χ3v) is 2.54. The zero-order valence-corrected chi connectivity index (χ0v) is 12.5. The Kier molecular flexibility index (Phi) is 6.24. The van der Waals surface area contributed by atoms with Crippen LogP contribution >= 0.6 is 0 Å². The summed E-state index contributed by atoms with van der Waals surface area (Å²) in [6.45, 7) is 0. The first-order valence-electron chi connectivity index (χ1n) is 4.13. The summed E-state index contributed by atoms with van der Waals surface area (Å²) in [5.41, 5.74) is -0.0862. The van der Waals surface area contributed by atoms with Gasteiger partial charge < -0.3 is 14.0 Å². The minimum atomic E-state index is -4.79. The van der Waals surface area contributed by atoms with Crippen LogP contribution in [0.5, 0.6) is 11.5 Å². The maximum Gasteiger partial charge on any atom is 1.00 e. The number of nitrogens with two attached hydrogens (primary N) is 1. The van der Waals surface area contributed by atoms with Crippen molar-refractivity contribution in [2.24, 2.45) is 5.84 Å². The van der Waals surface area contributed by atoms with Crippen LogP contribution in [-0.2, 0) is 10.3 Å². The number of para-hydroxylation sites is 1. The molecule has 0 aliphatic carbocycles. The van der Waals surface area contributed by atoms with Gasteiger partial charge >= 0.3 is 29.6 Å². The molecule has 0 bridgehead atoms. The van der Waals surface area contributed by atoms with E-state index in [0.717, 1.165) is 0 Å². The number of hydrogen-bond donors (Lipinski definition) is 1. The van der Waals surface area contributed by atoms with Gasteiger partial charge in [0, 0.05) is 0 Å². The van der Waals surface area contributed by atoms with Crippen LogP contribution in [0.2, 0.25) is 0 Å². The summed E-state index contributed by atoms with van der Waals surface area (Å²) in [6, 6.07) is 4.37. The summed E-state index contributed by atoms with van der Waals surface area (Å²) < 4.78 is 42.2. The van der Waals surface area contributed by atoms with Crippen LogP contribution in [0.25, 0.3) is 0 Å². The van der Waals surface area contributed by atoms with E-state index in [2.05, 4.69) is 0 Å². The van der Waals surface area contributed by atoms with Crippen molar-refractivity contribution in [3.63, 3.8) is 0 Å². The van der Waals surface area contributed by atoms with Crippen molar-refractivity contribution < 1.29 is 52.0 Å². The Bertz CT molecular complexity index is 479. The molecule has 0 heterocycles. The number of hydrazine groups is 1. The largest absolute Gasteiger partial charge is 1.00 e. The molecular weight excluding hydrogens is 259 g/mol. The second-order valence-electron chi connectivity index (χ2n) is 2.77. The minimum absolute atomic E-state index is 0. The second-order valence-corrected chi connectivity index (χ2v) is 4.02. The third kappa shape index (κ3) is 3.73. The Morgan fingerprint density at radius 3 is 2.29 bits per heavy atom. The van der Waals surface area contributed by atoms with Crippen LogP contribution in [0, 0.1) is 0 Å². The molecule has 1 aromatic rings. The van der Waals surface area contributed by atoms with Gasteiger partial charge in [-0.15, -0.1) is 0 Å². The Labute approximate surface area is 122 Å². The predicted octanol–water partition coefficient (Wildman–Crippen LogP) is -3.15. The summed E-state index contributed by atoms with van der Waals surface area (Å²) in [4.78, 5) is 0. The van der Waals surface area contributed by atoms with Gasteiger partial charge in [-0.2, -0.15) is 0 Å². The number of benzene rings is 1. The summed E-state index contributed by atoms with van der Waals surface area (Å²) in [5, 5.41) is 0. The van der Waals surface area contributed by atoms with Crippen LogP contribution in [0.3, 0.4) is 0 Å². The molecule has 0 saturated carbocycles. The molecule has 0 aliphatic rings. The smallest absolute Gasteiger partial charge is 0.730 e. The molecule has 1 rings (SSSR count). The number of methoxy groups -OCH3 is 2. The molecule has 1 aromatic carbocycles. The fraction of sp³-hybridized carbons (Fsp3) is 0.250. The molecule has 0 saturated heterocycles. The van der Waals surface area contributed by atoms with Crippen LogP contribution < -0.4 is 49.3 Å². The standard InChI is InChI=1S/C8H12N2O5S.Na/c1-14-7-5-3-4-6(8(7)15-2)10(9)16(11,12)13;/h3-5H,9H2,1-2H3,(H,11,12,13);/q;+1/p-1. The Morgan fingerprint density at radius 2 is 1.88 bits per heavy atom. The SMILES string of the molecule is COc1cccc(N(N)S(=O)(=O)[O-])c1OC.[Na+]. The quantitative estimate of drug-likeness (QED) is 0.268. The van der Waals surface area contributed by atoms with Crippen LogP contribution in [0.15, 0.2) is 18.2 Å². The van der Waals surface area contributed by atoms with Gasteiger partial charge in [-0.3, -0.25) is 0 Å². The molecule has 0 aliphatic heterocycles. The van der Waals surface area contributed by atoms with Gasteiger partial charge in [0.05, 0.1) is 14.2 Å². The topological polar surface area (TPSA) is 105 Å². The van der Waals surface area contributed by atoms with E-state index >= 15 is 0 Å². The van der Waals surface area contributed by atoms with Crippen molar-refractivity contribution >= 4 is 16.0 Å². The molecule has 0 unspecified atom stereocenters. The van der Waals surface area contributed by atoms with Crippen molar-refractivity contribution in [2.45, 2.75) is 0 Å². The van der Waals surface area contributed by atoms with Gasteiger partial charge in [0.25, 0.3) is 0 Å². The Balaban J connectivity index is 0.00000256. The fourth-order valence-electron chi connectivity index (χ4n) is 1.16. The molecule has 7 nitrogen and oxygen atoms in total. The first-order chi connectivity index (χ1) is 7.41. The average Bonchev–Trinajstić information content (AvgIpc) is 2.25. The molecule has 0 spiro atoms. The monoisotopic (exact) mass is 270 g/mol. The number of anilines is 1. The molecule has 0 fully saturated rings. The van der Waals surface area contributed by atoms with E-state index in [1.54, 1.807) is 6.07 Å². The van der Waals surface area contributed by atoms with Crippen LogP contribution in [-0.4, -0.2) is 27.2 Å². The minimum Gasteiger partial charge on any atom is -0.730 e. The number of ether oxygens (including phenoxy) is 2. The van der Waals surface area contributed by atoms with Gasteiger partial charge in [-0.05, 0) is 12.1 Å². The molecular formula is C8H11N2NaO5S. The zero-order chi connectivity index (χ0) is 12.3. The zero-order valence-electron chi connectivity index (χ0n) is 9.71. The third-order valence-electron chi connectivity index (χ3n) is 1.86. The summed E-state index contributed by atoms with van der Waals surface area (Å²) in [6.07, 6.45) is 0. The number of hydrogen-bond acceptors (Lipinski definition) is 6. The van der Waals surface area contributed by atoms with Gasteiger partial charge in [-0.1, -0.05) is 6.07 Å². The first-order valence-corrected chi connectivity index (χ1v) is 5.50. The Hall–Kier alpha value is -0.510. The van der Waals surface area contributed by atoms with Crippen molar-refractivity contribution in [1.82, 2.24) is 0 Å². The van der Waals surface area contributed by atoms with E-state index in [4.69, 9.17) is 15.3 Å². The van der Waals surface area contributed by atoms with Crippen LogP contribution in [0.1, 0.15) is 0 Å². The van der Waals surface area contributed by atoms with E-state index in [1.165, 1.54) is 26.4 Å². The molecule has 0 amide bonds. The van der Waals surface area contributed by atoms with E-state index in [0.29, 0.717) is 0 Å². The van der Waals surface area contributed by atoms with E-state index in [1.807, 2.05) is 0 Å². The van der Waals surface area contributed by atoms with E-state index < -0.39 is 10.3 Å². The van der Waals surface area contributed by atoms with Crippen molar-refractivity contribution in [2.75, 3.05) is 18.6 Å². The first kappa shape index (κ1) is 16.5. The van der Waals surface area contributed by atoms with E-state index in [9.17, 15) is 13.0 Å². The molecule has 2 N–H and O–H groups in total. The molecule has 17 heavy (non-hydrogen) atoms. The summed E-state index contributed by atoms with van der Waals surface area (Å²) in [7, 11) is -2.09. The number of nitrogens with zero attached hydrogens (tertiary/aromatic N) is 1. The molecule has 9 heteroatoms. The van der Waals surface area contributed by atoms with Gasteiger partial charge in [-0.25, -0.2) is 18.7 Å². The van der Waals surface area contributed by atoms with Crippen molar-refractivity contribution in [3.05, 3.63) is 18.2 Å².